The first kappa shape index (κ1) is 30.8. The molecule has 2 aromatic carbocycles. The quantitative estimate of drug-likeness (QED) is 0.281. The molecule has 0 saturated carbocycles. The Balaban J connectivity index is 1.18. The largest absolute Gasteiger partial charge is 0.478 e. The number of hydrogen-bond donors (Lipinski definition) is 3. The molecule has 0 radical (unpaired) electrons. The van der Waals surface area contributed by atoms with Crippen LogP contribution in [0.5, 0.6) is 11.5 Å². The van der Waals surface area contributed by atoms with E-state index in [0.717, 1.165) is 70.4 Å². The number of hydrogen-bond acceptors (Lipinski definition) is 7. The van der Waals surface area contributed by atoms with E-state index < -0.39 is 0 Å². The number of rotatable bonds is 15. The van der Waals surface area contributed by atoms with E-state index in [4.69, 9.17) is 9.47 Å². The number of nitrogens with one attached hydrogen (secondary N) is 3. The normalized spacial score (nSPS) is 16.2. The van der Waals surface area contributed by atoms with Gasteiger partial charge in [-0.3, -0.25) is 9.80 Å². The van der Waals surface area contributed by atoms with Crippen molar-refractivity contribution in [2.75, 3.05) is 66.3 Å². The van der Waals surface area contributed by atoms with Crippen LogP contribution in [-0.4, -0.2) is 76.1 Å². The van der Waals surface area contributed by atoms with E-state index in [1.165, 1.54) is 35.1 Å². The van der Waals surface area contributed by atoms with Crippen molar-refractivity contribution in [1.29, 1.82) is 0 Å². The van der Waals surface area contributed by atoms with Gasteiger partial charge in [-0.05, 0) is 60.8 Å². The Kier molecular flexibility index (Phi) is 10.9. The zero-order valence-electron chi connectivity index (χ0n) is 25.9. The summed E-state index contributed by atoms with van der Waals surface area (Å²) in [6, 6.07) is 13.4. The minimum atomic E-state index is -0.113. The summed E-state index contributed by atoms with van der Waals surface area (Å²) in [6.45, 7) is 21.8. The maximum atomic E-state index is 6.12. The highest BCUT2D eigenvalue weighted by atomic mass is 16.5. The van der Waals surface area contributed by atoms with Gasteiger partial charge < -0.3 is 25.4 Å². The molecular formula is C33H53N5O2. The van der Waals surface area contributed by atoms with Gasteiger partial charge in [0.25, 0.3) is 0 Å². The molecule has 0 saturated heterocycles. The van der Waals surface area contributed by atoms with Crippen molar-refractivity contribution in [3.63, 3.8) is 0 Å². The van der Waals surface area contributed by atoms with Crippen molar-refractivity contribution < 1.29 is 9.47 Å². The van der Waals surface area contributed by atoms with E-state index in [1.54, 1.807) is 0 Å². The Morgan fingerprint density at radius 3 is 1.90 bits per heavy atom. The fourth-order valence-electron chi connectivity index (χ4n) is 5.31. The second-order valence-corrected chi connectivity index (χ2v) is 12.9. The van der Waals surface area contributed by atoms with Gasteiger partial charge in [0.1, 0.15) is 25.0 Å². The van der Waals surface area contributed by atoms with Crippen LogP contribution < -0.4 is 25.4 Å². The summed E-state index contributed by atoms with van der Waals surface area (Å²) in [7, 11) is 2.10. The standard InChI is InChI=1S/C33H53N5O2/c1-7-32(2,3)12-13-34-14-15-35-16-17-36-18-19-38-23-27-21-29(9-11-31(27)40-25-38)33(4,5)28-8-10-30-26(20-28)22-37(6)24-39-30/h8-11,20-21,34-36H,7,12-19,22-25H2,1-6H3. The Morgan fingerprint density at radius 2 is 1.27 bits per heavy atom. The van der Waals surface area contributed by atoms with Crippen molar-refractivity contribution >= 4 is 0 Å². The molecule has 7 heteroatoms. The van der Waals surface area contributed by atoms with E-state index in [2.05, 4.69) is 104 Å². The number of benzene rings is 2. The Labute approximate surface area is 243 Å². The molecule has 0 unspecified atom stereocenters. The van der Waals surface area contributed by atoms with Crippen LogP contribution in [0.4, 0.5) is 0 Å². The van der Waals surface area contributed by atoms with Crippen molar-refractivity contribution in [2.45, 2.75) is 66.0 Å². The topological polar surface area (TPSA) is 61.0 Å². The summed E-state index contributed by atoms with van der Waals surface area (Å²) in [5, 5.41) is 10.7. The van der Waals surface area contributed by atoms with Gasteiger partial charge in [0, 0.05) is 68.9 Å². The molecule has 0 aromatic heterocycles. The van der Waals surface area contributed by atoms with Gasteiger partial charge in [0.15, 0.2) is 0 Å². The lowest BCUT2D eigenvalue weighted by Gasteiger charge is -2.33. The van der Waals surface area contributed by atoms with Crippen molar-refractivity contribution in [1.82, 2.24) is 25.8 Å². The Hall–Kier alpha value is -2.16. The van der Waals surface area contributed by atoms with E-state index >= 15 is 0 Å². The molecule has 40 heavy (non-hydrogen) atoms. The van der Waals surface area contributed by atoms with Crippen LogP contribution >= 0.6 is 0 Å². The van der Waals surface area contributed by atoms with Gasteiger partial charge in [-0.15, -0.1) is 0 Å². The smallest absolute Gasteiger partial charge is 0.142 e. The lowest BCUT2D eigenvalue weighted by atomic mass is 9.77. The molecule has 0 bridgehead atoms. The fourth-order valence-corrected chi connectivity index (χ4v) is 5.31. The molecule has 0 spiro atoms. The maximum absolute atomic E-state index is 6.12. The number of ether oxygens (including phenoxy) is 2. The van der Waals surface area contributed by atoms with Gasteiger partial charge in [-0.1, -0.05) is 53.2 Å². The molecule has 0 amide bonds. The van der Waals surface area contributed by atoms with Gasteiger partial charge in [-0.2, -0.15) is 0 Å². The zero-order valence-corrected chi connectivity index (χ0v) is 25.9. The minimum Gasteiger partial charge on any atom is -0.478 e. The SMILES string of the molecule is CCC(C)(C)CCNCCNCCNCCN1COc2ccc(C(C)(C)c3ccc4c(c3)CN(C)CO4)cc2C1. The second kappa shape index (κ2) is 14.1. The van der Waals surface area contributed by atoms with Crippen LogP contribution in [-0.2, 0) is 18.5 Å². The average Bonchev–Trinajstić information content (AvgIpc) is 2.95. The average molecular weight is 552 g/mol. The molecule has 0 atom stereocenters. The molecule has 2 aromatic rings. The third-order valence-electron chi connectivity index (χ3n) is 8.74. The monoisotopic (exact) mass is 551 g/mol. The fraction of sp³-hybridized carbons (Fsp3) is 0.636. The number of fused-ring (bicyclic) bond motifs is 2. The van der Waals surface area contributed by atoms with Crippen LogP contribution in [0.1, 0.15) is 69.7 Å². The maximum Gasteiger partial charge on any atom is 0.142 e. The van der Waals surface area contributed by atoms with E-state index in [1.807, 2.05) is 0 Å². The molecule has 2 heterocycles. The van der Waals surface area contributed by atoms with Gasteiger partial charge in [0.05, 0.1) is 0 Å². The molecule has 2 aliphatic rings. The van der Waals surface area contributed by atoms with Gasteiger partial charge >= 0.3 is 0 Å². The predicted molar refractivity (Wildman–Crippen MR) is 165 cm³/mol. The van der Waals surface area contributed by atoms with Crippen LogP contribution in [0.25, 0.3) is 0 Å². The molecule has 4 rings (SSSR count). The van der Waals surface area contributed by atoms with Crippen LogP contribution in [0.2, 0.25) is 0 Å². The first-order chi connectivity index (χ1) is 19.2. The summed E-state index contributed by atoms with van der Waals surface area (Å²) in [6.07, 6.45) is 2.47. The van der Waals surface area contributed by atoms with E-state index in [9.17, 15) is 0 Å². The third-order valence-corrected chi connectivity index (χ3v) is 8.74. The highest BCUT2D eigenvalue weighted by molar-refractivity contribution is 5.48. The van der Waals surface area contributed by atoms with Crippen LogP contribution in [0, 0.1) is 5.41 Å². The zero-order chi connectivity index (χ0) is 28.6. The summed E-state index contributed by atoms with van der Waals surface area (Å²) in [5.41, 5.74) is 5.49. The van der Waals surface area contributed by atoms with Gasteiger partial charge in [0.2, 0.25) is 0 Å². The third kappa shape index (κ3) is 8.43. The second-order valence-electron chi connectivity index (χ2n) is 12.9. The Morgan fingerprint density at radius 1 is 0.725 bits per heavy atom. The minimum absolute atomic E-state index is 0.113. The first-order valence-electron chi connectivity index (χ1n) is 15.2. The molecule has 7 nitrogen and oxygen atoms in total. The highest BCUT2D eigenvalue weighted by Gasteiger charge is 2.27. The highest BCUT2D eigenvalue weighted by Crippen LogP contribution is 2.38. The van der Waals surface area contributed by atoms with E-state index in [0.29, 0.717) is 18.9 Å². The lowest BCUT2D eigenvalue weighted by molar-refractivity contribution is 0.0961. The lowest BCUT2D eigenvalue weighted by Crippen LogP contribution is -2.39. The summed E-state index contributed by atoms with van der Waals surface area (Å²) < 4.78 is 12.0. The van der Waals surface area contributed by atoms with Crippen molar-refractivity contribution in [3.05, 3.63) is 58.7 Å². The summed E-state index contributed by atoms with van der Waals surface area (Å²) in [4.78, 5) is 4.58. The molecule has 2 aliphatic heterocycles. The van der Waals surface area contributed by atoms with E-state index in [-0.39, 0.29) is 5.41 Å². The predicted octanol–water partition coefficient (Wildman–Crippen LogP) is 4.54. The summed E-state index contributed by atoms with van der Waals surface area (Å²) in [5.74, 6) is 2.02. The van der Waals surface area contributed by atoms with Gasteiger partial charge in [-0.25, -0.2) is 0 Å². The van der Waals surface area contributed by atoms with Crippen LogP contribution in [0.15, 0.2) is 36.4 Å². The number of nitrogens with zero attached hydrogens (tertiary/aromatic N) is 2. The summed E-state index contributed by atoms with van der Waals surface area (Å²) >= 11 is 0. The molecule has 3 N–H and O–H groups in total. The van der Waals surface area contributed by atoms with Crippen molar-refractivity contribution in [2.24, 2.45) is 5.41 Å². The van der Waals surface area contributed by atoms with Crippen LogP contribution in [0.3, 0.4) is 0 Å². The first-order valence-corrected chi connectivity index (χ1v) is 15.2. The molecule has 0 aliphatic carbocycles. The molecular weight excluding hydrogens is 498 g/mol. The van der Waals surface area contributed by atoms with Crippen molar-refractivity contribution in [3.8, 4) is 11.5 Å². The molecule has 0 fully saturated rings. The molecule has 222 valence electrons. The Bertz CT molecular complexity index is 1090.